The van der Waals surface area contributed by atoms with Crippen molar-refractivity contribution in [1.29, 1.82) is 0 Å². The van der Waals surface area contributed by atoms with Gasteiger partial charge in [0.1, 0.15) is 19.3 Å². The Morgan fingerprint density at radius 2 is 1.56 bits per heavy atom. The van der Waals surface area contributed by atoms with Gasteiger partial charge in [-0.3, -0.25) is 14.3 Å². The monoisotopic (exact) mass is 574 g/mol. The van der Waals surface area contributed by atoms with Crippen LogP contribution in [0.15, 0.2) is 89.8 Å². The molecule has 0 bridgehead atoms. The van der Waals surface area contributed by atoms with Gasteiger partial charge in [0.05, 0.1) is 22.8 Å². The van der Waals surface area contributed by atoms with Crippen LogP contribution in [0.25, 0.3) is 0 Å². The molecule has 0 aliphatic heterocycles. The van der Waals surface area contributed by atoms with Crippen molar-refractivity contribution in [3.05, 3.63) is 106 Å². The zero-order valence-electron chi connectivity index (χ0n) is 20.8. The molecule has 13 heteroatoms. The van der Waals surface area contributed by atoms with Gasteiger partial charge < -0.3 is 14.8 Å². The zero-order chi connectivity index (χ0) is 28.3. The molecule has 0 radical (unpaired) electrons. The molecule has 39 heavy (non-hydrogen) atoms. The highest BCUT2D eigenvalue weighted by Gasteiger charge is 2.30. The Labute approximate surface area is 229 Å². The van der Waals surface area contributed by atoms with E-state index >= 15 is 0 Å². The van der Waals surface area contributed by atoms with Crippen molar-refractivity contribution in [3.8, 4) is 0 Å². The summed E-state index contributed by atoms with van der Waals surface area (Å²) in [6, 6.07) is 21.9. The molecular formula is C26H26N2O9S2. The number of nitro benzene ring substituents is 1. The molecule has 0 unspecified atom stereocenters. The lowest BCUT2D eigenvalue weighted by atomic mass is 10.2. The highest BCUT2D eigenvalue weighted by molar-refractivity contribution is 7.99. The van der Waals surface area contributed by atoms with Crippen LogP contribution in [-0.2, 0) is 30.4 Å². The number of hydrogen-bond acceptors (Lipinski definition) is 10. The first-order chi connectivity index (χ1) is 18.6. The van der Waals surface area contributed by atoms with Crippen LogP contribution >= 0.6 is 11.8 Å². The van der Waals surface area contributed by atoms with Crippen LogP contribution in [0.3, 0.4) is 0 Å². The van der Waals surface area contributed by atoms with Gasteiger partial charge in [-0.05, 0) is 29.8 Å². The van der Waals surface area contributed by atoms with Crippen LogP contribution in [0.4, 0.5) is 10.5 Å². The molecule has 3 aromatic carbocycles. The van der Waals surface area contributed by atoms with E-state index in [0.29, 0.717) is 0 Å². The lowest BCUT2D eigenvalue weighted by Gasteiger charge is -2.26. The molecule has 0 saturated carbocycles. The quantitative estimate of drug-likeness (QED) is 0.103. The summed E-state index contributed by atoms with van der Waals surface area (Å²) in [5.74, 6) is -0.701. The van der Waals surface area contributed by atoms with E-state index in [4.69, 9.17) is 13.7 Å². The van der Waals surface area contributed by atoms with Crippen molar-refractivity contribution in [2.75, 3.05) is 18.6 Å². The molecule has 3 rings (SSSR count). The number of amides is 1. The summed E-state index contributed by atoms with van der Waals surface area (Å²) >= 11 is 1.32. The van der Waals surface area contributed by atoms with Gasteiger partial charge >= 0.3 is 12.1 Å². The van der Waals surface area contributed by atoms with Crippen LogP contribution < -0.4 is 5.32 Å². The van der Waals surface area contributed by atoms with Crippen LogP contribution in [0.5, 0.6) is 0 Å². The number of thioether (sulfide) groups is 1. The summed E-state index contributed by atoms with van der Waals surface area (Å²) in [6.45, 7) is -0.556. The third kappa shape index (κ3) is 10.4. The van der Waals surface area contributed by atoms with Gasteiger partial charge in [-0.2, -0.15) is 8.42 Å². The maximum absolute atomic E-state index is 12.6. The van der Waals surface area contributed by atoms with Crippen molar-refractivity contribution in [1.82, 2.24) is 5.32 Å². The second-order valence-corrected chi connectivity index (χ2v) is 10.9. The second kappa shape index (κ2) is 14.3. The minimum Gasteiger partial charge on any atom is -0.459 e. The SMILES string of the molecule is CS(=O)(=O)O[C@@H](COC(=O)c1ccc([N+](=O)[O-])cc1)[C@H](CSc1ccccc1)NC(=O)OCc1ccccc1. The smallest absolute Gasteiger partial charge is 0.407 e. The molecule has 0 spiro atoms. The Morgan fingerprint density at radius 3 is 2.15 bits per heavy atom. The number of hydrogen-bond donors (Lipinski definition) is 1. The fraction of sp³-hybridized carbons (Fsp3) is 0.231. The van der Waals surface area contributed by atoms with E-state index in [2.05, 4.69) is 5.32 Å². The van der Waals surface area contributed by atoms with Crippen molar-refractivity contribution in [3.63, 3.8) is 0 Å². The molecule has 206 valence electrons. The molecule has 1 N–H and O–H groups in total. The topological polar surface area (TPSA) is 151 Å². The molecule has 0 saturated heterocycles. The van der Waals surface area contributed by atoms with Crippen molar-refractivity contribution in [2.45, 2.75) is 23.6 Å². The lowest BCUT2D eigenvalue weighted by Crippen LogP contribution is -2.49. The lowest BCUT2D eigenvalue weighted by molar-refractivity contribution is -0.384. The average Bonchev–Trinajstić information content (AvgIpc) is 2.92. The summed E-state index contributed by atoms with van der Waals surface area (Å²) in [6.07, 6.45) is -1.28. The minimum atomic E-state index is -4.04. The van der Waals surface area contributed by atoms with Crippen LogP contribution in [0.2, 0.25) is 0 Å². The number of carbonyl (C=O) groups excluding carboxylic acids is 2. The Hall–Kier alpha value is -3.94. The highest BCUT2D eigenvalue weighted by atomic mass is 32.2. The average molecular weight is 575 g/mol. The predicted octanol–water partition coefficient (Wildman–Crippen LogP) is 4.18. The number of rotatable bonds is 13. The van der Waals surface area contributed by atoms with Gasteiger partial charge in [-0.25, -0.2) is 9.59 Å². The first-order valence-electron chi connectivity index (χ1n) is 11.6. The largest absolute Gasteiger partial charge is 0.459 e. The molecule has 3 aromatic rings. The number of carbonyl (C=O) groups is 2. The third-order valence-corrected chi connectivity index (χ3v) is 6.86. The van der Waals surface area contributed by atoms with Gasteiger partial charge in [-0.1, -0.05) is 48.5 Å². The summed E-state index contributed by atoms with van der Waals surface area (Å²) in [7, 11) is -4.04. The Morgan fingerprint density at radius 1 is 0.949 bits per heavy atom. The fourth-order valence-corrected chi connectivity index (χ4v) is 4.91. The number of non-ortho nitro benzene ring substituents is 1. The van der Waals surface area contributed by atoms with E-state index in [-0.39, 0.29) is 23.6 Å². The van der Waals surface area contributed by atoms with Gasteiger partial charge in [0.15, 0.2) is 0 Å². The number of nitrogens with zero attached hydrogens (tertiary/aromatic N) is 1. The number of nitro groups is 1. The molecule has 2 atom stereocenters. The van der Waals surface area contributed by atoms with Gasteiger partial charge in [0.25, 0.3) is 15.8 Å². The molecule has 1 amide bonds. The van der Waals surface area contributed by atoms with Gasteiger partial charge in [0, 0.05) is 22.8 Å². The van der Waals surface area contributed by atoms with Crippen LogP contribution in [0, 0.1) is 10.1 Å². The fourth-order valence-electron chi connectivity index (χ4n) is 3.26. The van der Waals surface area contributed by atoms with Gasteiger partial charge in [0.2, 0.25) is 0 Å². The van der Waals surface area contributed by atoms with Gasteiger partial charge in [-0.15, -0.1) is 11.8 Å². The van der Waals surface area contributed by atoms with Crippen molar-refractivity contribution >= 4 is 39.6 Å². The molecule has 0 aliphatic rings. The number of alkyl carbamates (subject to hydrolysis) is 1. The van der Waals surface area contributed by atoms with E-state index in [1.54, 1.807) is 24.3 Å². The predicted molar refractivity (Wildman–Crippen MR) is 144 cm³/mol. The maximum atomic E-state index is 12.6. The maximum Gasteiger partial charge on any atom is 0.407 e. The zero-order valence-corrected chi connectivity index (χ0v) is 22.4. The normalized spacial score (nSPS) is 12.6. The first-order valence-corrected chi connectivity index (χ1v) is 14.4. The van der Waals surface area contributed by atoms with E-state index in [1.165, 1.54) is 23.9 Å². The Kier molecular flexibility index (Phi) is 10.8. The third-order valence-electron chi connectivity index (χ3n) is 5.13. The minimum absolute atomic E-state index is 0.0159. The molecule has 0 aromatic heterocycles. The molecule has 0 heterocycles. The van der Waals surface area contributed by atoms with Crippen molar-refractivity contribution in [2.24, 2.45) is 0 Å². The Balaban J connectivity index is 1.74. The molecule has 0 fully saturated rings. The molecular weight excluding hydrogens is 548 g/mol. The Bertz CT molecular complexity index is 1350. The highest BCUT2D eigenvalue weighted by Crippen LogP contribution is 2.21. The van der Waals surface area contributed by atoms with E-state index in [0.717, 1.165) is 28.8 Å². The number of esters is 1. The number of nitrogens with one attached hydrogen (secondary N) is 1. The first kappa shape index (κ1) is 29.6. The molecule has 11 nitrogen and oxygen atoms in total. The van der Waals surface area contributed by atoms with Crippen LogP contribution in [-0.4, -0.2) is 56.2 Å². The molecule has 0 aliphatic carbocycles. The van der Waals surface area contributed by atoms with Crippen molar-refractivity contribution < 1.29 is 36.6 Å². The van der Waals surface area contributed by atoms with E-state index in [9.17, 15) is 28.1 Å². The van der Waals surface area contributed by atoms with E-state index in [1.807, 2.05) is 36.4 Å². The standard InChI is InChI=1S/C26H26N2O9S2/c1-39(33,34)37-24(17-35-25(29)20-12-14-21(15-13-20)28(31)32)23(18-38-22-10-6-3-7-11-22)27-26(30)36-16-19-8-4-2-5-9-19/h2-15,23-24H,16-18H2,1H3,(H,27,30)/t23-,24-/m0/s1. The number of benzene rings is 3. The summed E-state index contributed by atoms with van der Waals surface area (Å²) in [5.41, 5.74) is 0.564. The van der Waals surface area contributed by atoms with Crippen LogP contribution in [0.1, 0.15) is 15.9 Å². The second-order valence-electron chi connectivity index (χ2n) is 8.18. The summed E-state index contributed by atoms with van der Waals surface area (Å²) < 4.78 is 39.9. The summed E-state index contributed by atoms with van der Waals surface area (Å²) in [5, 5.41) is 13.5. The number of ether oxygens (including phenoxy) is 2. The summed E-state index contributed by atoms with van der Waals surface area (Å²) in [4.78, 5) is 36.3. The van der Waals surface area contributed by atoms with E-state index < -0.39 is 45.9 Å².